The second-order valence-electron chi connectivity index (χ2n) is 5.55. The topological polar surface area (TPSA) is 80.5 Å². The van der Waals surface area contributed by atoms with E-state index in [-0.39, 0.29) is 12.5 Å². The van der Waals surface area contributed by atoms with Crippen molar-refractivity contribution in [1.29, 1.82) is 0 Å². The second kappa shape index (κ2) is 7.48. The fourth-order valence-electron chi connectivity index (χ4n) is 2.18. The average Bonchev–Trinajstić information content (AvgIpc) is 3.15. The van der Waals surface area contributed by atoms with Gasteiger partial charge in [-0.3, -0.25) is 4.79 Å². The average molecular weight is 338 g/mol. The number of aromatic nitrogens is 2. The van der Waals surface area contributed by atoms with Gasteiger partial charge in [0.05, 0.1) is 0 Å². The Kier molecular flexibility index (Phi) is 4.94. The first-order valence-corrected chi connectivity index (χ1v) is 7.68. The number of ether oxygens (including phenoxy) is 1. The Morgan fingerprint density at radius 3 is 2.44 bits per heavy atom. The molecule has 0 unspecified atom stereocenters. The van der Waals surface area contributed by atoms with Crippen molar-refractivity contribution in [3.63, 3.8) is 0 Å². The summed E-state index contributed by atoms with van der Waals surface area (Å²) in [5.41, 5.74) is 2.58. The van der Waals surface area contributed by atoms with Gasteiger partial charge in [0.2, 0.25) is 12.3 Å². The van der Waals surface area contributed by atoms with Crippen molar-refractivity contribution < 1.29 is 13.9 Å². The van der Waals surface area contributed by atoms with Gasteiger partial charge in [0.1, 0.15) is 5.75 Å². The molecule has 0 fully saturated rings. The second-order valence-corrected chi connectivity index (χ2v) is 5.55. The molecule has 1 amide bonds. The summed E-state index contributed by atoms with van der Waals surface area (Å²) in [6, 6.07) is 14.7. The molecule has 25 heavy (non-hydrogen) atoms. The van der Waals surface area contributed by atoms with Crippen LogP contribution in [0.25, 0.3) is 11.5 Å². The Balaban J connectivity index is 1.52. The molecule has 3 aromatic rings. The van der Waals surface area contributed by atoms with E-state index < -0.39 is 0 Å². The predicted molar refractivity (Wildman–Crippen MR) is 94.6 cm³/mol. The molecule has 128 valence electrons. The molecule has 0 saturated carbocycles. The number of anilines is 2. The predicted octanol–water partition coefficient (Wildman–Crippen LogP) is 2.82. The lowest BCUT2D eigenvalue weighted by atomic mass is 10.2. The van der Waals surface area contributed by atoms with E-state index in [4.69, 9.17) is 9.15 Å². The third kappa shape index (κ3) is 4.35. The molecule has 1 N–H and O–H groups in total. The van der Waals surface area contributed by atoms with Gasteiger partial charge in [-0.1, -0.05) is 0 Å². The molecule has 0 bridgehead atoms. The summed E-state index contributed by atoms with van der Waals surface area (Å²) in [6.07, 6.45) is 1.27. The van der Waals surface area contributed by atoms with Crippen LogP contribution < -0.4 is 15.0 Å². The maximum atomic E-state index is 12.0. The number of carbonyl (C=O) groups excluding carboxylic acids is 1. The maximum Gasteiger partial charge on any atom is 0.262 e. The zero-order valence-corrected chi connectivity index (χ0v) is 14.0. The minimum absolute atomic E-state index is 0.0741. The van der Waals surface area contributed by atoms with E-state index in [9.17, 15) is 4.79 Å². The number of nitrogens with one attached hydrogen (secondary N) is 1. The molecule has 7 nitrogen and oxygen atoms in total. The molecule has 3 rings (SSSR count). The molecule has 2 aromatic carbocycles. The first kappa shape index (κ1) is 16.5. The van der Waals surface area contributed by atoms with Crippen molar-refractivity contribution in [2.75, 3.05) is 30.9 Å². The molecule has 0 spiro atoms. The van der Waals surface area contributed by atoms with E-state index in [1.807, 2.05) is 43.3 Å². The van der Waals surface area contributed by atoms with Gasteiger partial charge in [-0.05, 0) is 48.5 Å². The van der Waals surface area contributed by atoms with E-state index in [2.05, 4.69) is 15.5 Å². The number of benzene rings is 2. The van der Waals surface area contributed by atoms with Crippen molar-refractivity contribution >= 4 is 17.3 Å². The smallest absolute Gasteiger partial charge is 0.262 e. The van der Waals surface area contributed by atoms with Gasteiger partial charge in [-0.15, -0.1) is 10.2 Å². The maximum absolute atomic E-state index is 12.0. The van der Waals surface area contributed by atoms with Gasteiger partial charge in [0.25, 0.3) is 5.91 Å². The summed E-state index contributed by atoms with van der Waals surface area (Å²) in [4.78, 5) is 14.0. The minimum Gasteiger partial charge on any atom is -0.484 e. The van der Waals surface area contributed by atoms with E-state index in [0.29, 0.717) is 11.6 Å². The van der Waals surface area contributed by atoms with Crippen LogP contribution in [0.5, 0.6) is 5.75 Å². The van der Waals surface area contributed by atoms with E-state index >= 15 is 0 Å². The highest BCUT2D eigenvalue weighted by molar-refractivity contribution is 5.92. The largest absolute Gasteiger partial charge is 0.484 e. The van der Waals surface area contributed by atoms with Gasteiger partial charge >= 0.3 is 0 Å². The van der Waals surface area contributed by atoms with Crippen LogP contribution in [0.2, 0.25) is 0 Å². The van der Waals surface area contributed by atoms with Crippen molar-refractivity contribution in [2.24, 2.45) is 0 Å². The molecule has 1 heterocycles. The SMILES string of the molecule is CN(C)c1ccc(NC(=O)COc2ccc(-c3nnco3)cc2)cc1. The molecule has 0 radical (unpaired) electrons. The molecule has 1 aromatic heterocycles. The van der Waals surface area contributed by atoms with Crippen molar-refractivity contribution in [3.05, 3.63) is 54.9 Å². The molecule has 0 aliphatic heterocycles. The zero-order valence-electron chi connectivity index (χ0n) is 14.0. The summed E-state index contributed by atoms with van der Waals surface area (Å²) in [7, 11) is 3.93. The highest BCUT2D eigenvalue weighted by atomic mass is 16.5. The number of amides is 1. The Bertz CT molecular complexity index is 813. The van der Waals surface area contributed by atoms with Crippen LogP contribution in [0, 0.1) is 0 Å². The van der Waals surface area contributed by atoms with Gasteiger partial charge < -0.3 is 19.4 Å². The first-order valence-electron chi connectivity index (χ1n) is 7.68. The number of rotatable bonds is 6. The third-order valence-corrected chi connectivity index (χ3v) is 3.50. The molecule has 7 heteroatoms. The van der Waals surface area contributed by atoms with Gasteiger partial charge in [0.15, 0.2) is 6.61 Å². The van der Waals surface area contributed by atoms with Crippen LogP contribution in [-0.2, 0) is 4.79 Å². The van der Waals surface area contributed by atoms with Crippen molar-refractivity contribution in [2.45, 2.75) is 0 Å². The first-order chi connectivity index (χ1) is 12.1. The van der Waals surface area contributed by atoms with Crippen molar-refractivity contribution in [1.82, 2.24) is 10.2 Å². The normalized spacial score (nSPS) is 10.3. The number of hydrogen-bond acceptors (Lipinski definition) is 6. The van der Waals surface area contributed by atoms with Gasteiger partial charge in [-0.25, -0.2) is 0 Å². The fourth-order valence-corrected chi connectivity index (χ4v) is 2.18. The van der Waals surface area contributed by atoms with Crippen LogP contribution in [0.4, 0.5) is 11.4 Å². The highest BCUT2D eigenvalue weighted by Crippen LogP contribution is 2.20. The Labute approximate surface area is 145 Å². The summed E-state index contributed by atoms with van der Waals surface area (Å²) in [6.45, 7) is -0.0741. The number of hydrogen-bond donors (Lipinski definition) is 1. The summed E-state index contributed by atoms with van der Waals surface area (Å²) in [5, 5.41) is 10.3. The number of nitrogens with zero attached hydrogens (tertiary/aromatic N) is 3. The van der Waals surface area contributed by atoms with Crippen LogP contribution in [-0.4, -0.2) is 36.8 Å². The summed E-state index contributed by atoms with van der Waals surface area (Å²) >= 11 is 0. The monoisotopic (exact) mass is 338 g/mol. The third-order valence-electron chi connectivity index (χ3n) is 3.50. The summed E-state index contributed by atoms with van der Waals surface area (Å²) in [5.74, 6) is 0.797. The van der Waals surface area contributed by atoms with E-state index in [1.54, 1.807) is 24.3 Å². The van der Waals surface area contributed by atoms with Crippen LogP contribution in [0.1, 0.15) is 0 Å². The van der Waals surface area contributed by atoms with Gasteiger partial charge in [0, 0.05) is 31.0 Å². The molecular formula is C18H18N4O3. The molecule has 0 saturated heterocycles. The van der Waals surface area contributed by atoms with E-state index in [0.717, 1.165) is 16.9 Å². The van der Waals surface area contributed by atoms with Crippen LogP contribution in [0.15, 0.2) is 59.3 Å². The van der Waals surface area contributed by atoms with E-state index in [1.165, 1.54) is 6.39 Å². The highest BCUT2D eigenvalue weighted by Gasteiger charge is 2.06. The minimum atomic E-state index is -0.224. The van der Waals surface area contributed by atoms with Crippen LogP contribution >= 0.6 is 0 Å². The number of carbonyl (C=O) groups is 1. The molecule has 0 aliphatic carbocycles. The quantitative estimate of drug-likeness (QED) is 0.744. The standard InChI is InChI=1S/C18H18N4O3/c1-22(2)15-7-5-14(6-8-15)20-17(23)11-24-16-9-3-13(4-10-16)18-21-19-12-25-18/h3-10,12H,11H2,1-2H3,(H,20,23). The zero-order chi connectivity index (χ0) is 17.6. The lowest BCUT2D eigenvalue weighted by Crippen LogP contribution is -2.20. The Hall–Kier alpha value is -3.35. The Morgan fingerprint density at radius 1 is 1.12 bits per heavy atom. The fraction of sp³-hybridized carbons (Fsp3) is 0.167. The molecular weight excluding hydrogens is 320 g/mol. The lowest BCUT2D eigenvalue weighted by Gasteiger charge is -2.13. The van der Waals surface area contributed by atoms with Crippen LogP contribution in [0.3, 0.4) is 0 Å². The lowest BCUT2D eigenvalue weighted by molar-refractivity contribution is -0.118. The Morgan fingerprint density at radius 2 is 1.84 bits per heavy atom. The molecule has 0 aliphatic rings. The van der Waals surface area contributed by atoms with Gasteiger partial charge in [-0.2, -0.15) is 0 Å². The van der Waals surface area contributed by atoms with Crippen molar-refractivity contribution in [3.8, 4) is 17.2 Å². The summed E-state index contributed by atoms with van der Waals surface area (Å²) < 4.78 is 10.6. The molecule has 0 atom stereocenters.